The third kappa shape index (κ3) is 7.28. The summed E-state index contributed by atoms with van der Waals surface area (Å²) in [7, 11) is -2.00. The first-order valence-electron chi connectivity index (χ1n) is 14.1. The molecule has 0 radical (unpaired) electrons. The highest BCUT2D eigenvalue weighted by atomic mass is 35.5. The van der Waals surface area contributed by atoms with Crippen molar-refractivity contribution < 1.29 is 12.8 Å². The lowest BCUT2D eigenvalue weighted by Crippen LogP contribution is -2.39. The number of rotatable bonds is 10. The van der Waals surface area contributed by atoms with Gasteiger partial charge in [-0.3, -0.25) is 14.1 Å². The van der Waals surface area contributed by atoms with Crippen LogP contribution in [0.25, 0.3) is 22.4 Å². The van der Waals surface area contributed by atoms with E-state index in [1.54, 1.807) is 29.0 Å². The molecule has 1 aliphatic carbocycles. The Balaban J connectivity index is 0.00000442. The van der Waals surface area contributed by atoms with Crippen LogP contribution in [0, 0.1) is 0 Å². The quantitative estimate of drug-likeness (QED) is 0.231. The van der Waals surface area contributed by atoms with E-state index in [0.29, 0.717) is 35.3 Å². The van der Waals surface area contributed by atoms with Crippen molar-refractivity contribution in [3.8, 4) is 11.3 Å². The molecule has 5 rings (SSSR count). The first kappa shape index (κ1) is 33.5. The van der Waals surface area contributed by atoms with Crippen molar-refractivity contribution in [2.24, 2.45) is 0 Å². The van der Waals surface area contributed by atoms with Gasteiger partial charge in [0.2, 0.25) is 5.95 Å². The molecule has 0 saturated heterocycles. The average Bonchev–Trinajstić information content (AvgIpc) is 2.97. The van der Waals surface area contributed by atoms with Gasteiger partial charge in [-0.1, -0.05) is 23.7 Å². The summed E-state index contributed by atoms with van der Waals surface area (Å²) >= 11 is 6.06. The van der Waals surface area contributed by atoms with Gasteiger partial charge < -0.3 is 10.2 Å². The predicted octanol–water partition coefficient (Wildman–Crippen LogP) is 5.33. The maximum Gasteiger partial charge on any atom is 0.279 e. The Kier molecular flexibility index (Phi) is 10.8. The molecular formula is C29H35Cl2FN8O3S. The van der Waals surface area contributed by atoms with Crippen molar-refractivity contribution in [2.45, 2.75) is 62.6 Å². The molecular weight excluding hydrogens is 630 g/mol. The van der Waals surface area contributed by atoms with Crippen LogP contribution in [0.2, 0.25) is 5.02 Å². The van der Waals surface area contributed by atoms with Crippen molar-refractivity contribution in [1.82, 2.24) is 29.4 Å². The standard InChI is InChI=1S/C29H34ClFN8O3S.ClH/c1-18(2)39-27-23(17-33-29(36-27)34-20-9-11-21(12-10-20)38(3)15-14-31)35-26(28(39)40)19-8-13-25(32-16-19)37-43(41,42)24-7-5-4-6-22(24)30;/h4-8,13,16-18,20-21H,9-12,14-15H2,1-3H3,(H,32,37)(H,33,34,36);1H/t20-,21-;. The van der Waals surface area contributed by atoms with Crippen LogP contribution in [0.1, 0.15) is 45.6 Å². The lowest BCUT2D eigenvalue weighted by molar-refractivity contribution is 0.174. The molecule has 0 amide bonds. The summed E-state index contributed by atoms with van der Waals surface area (Å²) in [5, 5.41) is 3.49. The summed E-state index contributed by atoms with van der Waals surface area (Å²) in [5.74, 6) is 0.490. The van der Waals surface area contributed by atoms with E-state index < -0.39 is 10.0 Å². The van der Waals surface area contributed by atoms with Crippen molar-refractivity contribution >= 4 is 57.0 Å². The van der Waals surface area contributed by atoms with E-state index in [4.69, 9.17) is 11.6 Å². The second-order valence-electron chi connectivity index (χ2n) is 10.9. The fraction of sp³-hybridized carbons (Fsp3) is 0.414. The summed E-state index contributed by atoms with van der Waals surface area (Å²) in [6, 6.07) is 9.46. The van der Waals surface area contributed by atoms with Crippen LogP contribution in [-0.2, 0) is 10.0 Å². The number of pyridine rings is 1. The molecule has 4 aromatic rings. The van der Waals surface area contributed by atoms with Gasteiger partial charge in [-0.15, -0.1) is 12.4 Å². The normalized spacial score (nSPS) is 17.1. The fourth-order valence-corrected chi connectivity index (χ4v) is 6.88. The summed E-state index contributed by atoms with van der Waals surface area (Å²) in [6.45, 7) is 3.88. The number of fused-ring (bicyclic) bond motifs is 1. The number of nitrogens with zero attached hydrogens (tertiary/aromatic N) is 6. The lowest BCUT2D eigenvalue weighted by Gasteiger charge is -2.34. The van der Waals surface area contributed by atoms with Gasteiger partial charge in [-0.25, -0.2) is 27.8 Å². The molecule has 0 unspecified atom stereocenters. The Bertz CT molecular complexity index is 1770. The zero-order chi connectivity index (χ0) is 30.7. The van der Waals surface area contributed by atoms with Crippen molar-refractivity contribution in [3.05, 3.63) is 64.2 Å². The first-order chi connectivity index (χ1) is 20.6. The molecule has 11 nitrogen and oxygen atoms in total. The maximum atomic E-state index is 13.6. The van der Waals surface area contributed by atoms with E-state index in [-0.39, 0.29) is 58.2 Å². The largest absolute Gasteiger partial charge is 0.351 e. The number of aromatic nitrogens is 5. The number of anilines is 2. The Hall–Kier alpha value is -3.39. The van der Waals surface area contributed by atoms with Gasteiger partial charge in [0.1, 0.15) is 28.6 Å². The molecule has 0 atom stereocenters. The van der Waals surface area contributed by atoms with Gasteiger partial charge >= 0.3 is 0 Å². The third-order valence-corrected chi connectivity index (χ3v) is 9.50. The Morgan fingerprint density at radius 3 is 2.43 bits per heavy atom. The van der Waals surface area contributed by atoms with Crippen molar-refractivity contribution in [2.75, 3.05) is 30.3 Å². The molecule has 15 heteroatoms. The fourth-order valence-electron chi connectivity index (χ4n) is 5.35. The van der Waals surface area contributed by atoms with Gasteiger partial charge in [-0.05, 0) is 70.8 Å². The minimum atomic E-state index is -3.96. The SMILES string of the molecule is CC(C)n1c(=O)c(-c2ccc(NS(=O)(=O)c3ccccc3Cl)nc2)nc2cnc(N[C@H]3CC[C@H](N(C)CCF)CC3)nc21.Cl. The number of benzene rings is 1. The molecule has 236 valence electrons. The second-order valence-corrected chi connectivity index (χ2v) is 13.0. The minimum Gasteiger partial charge on any atom is -0.351 e. The van der Waals surface area contributed by atoms with E-state index in [1.807, 2.05) is 20.9 Å². The van der Waals surface area contributed by atoms with E-state index >= 15 is 0 Å². The molecule has 0 spiro atoms. The molecule has 3 aromatic heterocycles. The Labute approximate surface area is 266 Å². The summed E-state index contributed by atoms with van der Waals surface area (Å²) < 4.78 is 42.3. The van der Waals surface area contributed by atoms with Crippen molar-refractivity contribution in [1.29, 1.82) is 0 Å². The average molecular weight is 666 g/mol. The second kappa shape index (κ2) is 14.1. The molecule has 0 aliphatic heterocycles. The third-order valence-electron chi connectivity index (χ3n) is 7.64. The van der Waals surface area contributed by atoms with Gasteiger partial charge in [0.05, 0.1) is 11.2 Å². The monoisotopic (exact) mass is 664 g/mol. The molecule has 1 fully saturated rings. The summed E-state index contributed by atoms with van der Waals surface area (Å²) in [4.78, 5) is 33.6. The lowest BCUT2D eigenvalue weighted by atomic mass is 9.90. The van der Waals surface area contributed by atoms with E-state index in [0.717, 1.165) is 25.7 Å². The number of hydrogen-bond donors (Lipinski definition) is 2. The molecule has 2 N–H and O–H groups in total. The highest BCUT2D eigenvalue weighted by Crippen LogP contribution is 2.26. The van der Waals surface area contributed by atoms with Crippen LogP contribution in [0.5, 0.6) is 0 Å². The number of alkyl halides is 1. The van der Waals surface area contributed by atoms with Crippen LogP contribution in [0.3, 0.4) is 0 Å². The van der Waals surface area contributed by atoms with E-state index in [1.165, 1.54) is 24.4 Å². The Morgan fingerprint density at radius 2 is 1.80 bits per heavy atom. The minimum absolute atomic E-state index is 0. The summed E-state index contributed by atoms with van der Waals surface area (Å²) in [5.41, 5.74) is 1.06. The molecule has 0 bridgehead atoms. The number of hydrogen-bond acceptors (Lipinski definition) is 9. The highest BCUT2D eigenvalue weighted by molar-refractivity contribution is 7.92. The smallest absolute Gasteiger partial charge is 0.279 e. The molecule has 1 aliphatic rings. The number of nitrogens with one attached hydrogen (secondary N) is 2. The van der Waals surface area contributed by atoms with E-state index in [9.17, 15) is 17.6 Å². The van der Waals surface area contributed by atoms with Crippen LogP contribution in [0.4, 0.5) is 16.2 Å². The Morgan fingerprint density at radius 1 is 1.07 bits per heavy atom. The van der Waals surface area contributed by atoms with Crippen molar-refractivity contribution in [3.63, 3.8) is 0 Å². The van der Waals surface area contributed by atoms with Gasteiger partial charge in [0.25, 0.3) is 15.6 Å². The topological polar surface area (TPSA) is 135 Å². The number of halogens is 3. The summed E-state index contributed by atoms with van der Waals surface area (Å²) in [6.07, 6.45) is 6.72. The molecule has 1 saturated carbocycles. The van der Waals surface area contributed by atoms with Crippen LogP contribution >= 0.6 is 24.0 Å². The van der Waals surface area contributed by atoms with Crippen LogP contribution in [0.15, 0.2) is 58.5 Å². The molecule has 3 heterocycles. The molecule has 44 heavy (non-hydrogen) atoms. The maximum absolute atomic E-state index is 13.6. The molecule has 1 aromatic carbocycles. The zero-order valence-electron chi connectivity index (χ0n) is 24.6. The predicted molar refractivity (Wildman–Crippen MR) is 173 cm³/mol. The highest BCUT2D eigenvalue weighted by Gasteiger charge is 2.25. The van der Waals surface area contributed by atoms with Gasteiger partial charge in [-0.2, -0.15) is 4.98 Å². The van der Waals surface area contributed by atoms with Gasteiger partial charge in [0, 0.05) is 36.4 Å². The first-order valence-corrected chi connectivity index (χ1v) is 16.0. The zero-order valence-corrected chi connectivity index (χ0v) is 27.0. The van der Waals surface area contributed by atoms with Gasteiger partial charge in [0.15, 0.2) is 5.65 Å². The number of sulfonamides is 1. The van der Waals surface area contributed by atoms with Crippen LogP contribution in [-0.4, -0.2) is 70.2 Å². The van der Waals surface area contributed by atoms with E-state index in [2.05, 4.69) is 34.9 Å². The van der Waals surface area contributed by atoms with Crippen LogP contribution < -0.4 is 15.6 Å².